The lowest BCUT2D eigenvalue weighted by Gasteiger charge is -2.09. The number of aromatic nitrogens is 7. The molecule has 8 nitrogen and oxygen atoms in total. The Labute approximate surface area is 177 Å². The molecule has 30 heavy (non-hydrogen) atoms. The molecule has 152 valence electrons. The number of carbonyl (C=O) groups is 1. The van der Waals surface area contributed by atoms with Gasteiger partial charge in [-0.15, -0.1) is 10.2 Å². The maximum Gasteiger partial charge on any atom is 0.229 e. The Morgan fingerprint density at radius 1 is 1.17 bits per heavy atom. The normalized spacial score (nSPS) is 13.7. The first kappa shape index (κ1) is 18.8. The number of aromatic amines is 1. The topological polar surface area (TPSA) is 94.3 Å². The first-order valence-corrected chi connectivity index (χ1v) is 10.8. The van der Waals surface area contributed by atoms with Crippen molar-refractivity contribution in [2.45, 2.75) is 37.8 Å². The largest absolute Gasteiger partial charge is 0.293 e. The number of rotatable bonds is 7. The number of H-pyrrole nitrogens is 1. The van der Waals surface area contributed by atoms with Gasteiger partial charge in [-0.3, -0.25) is 13.9 Å². The van der Waals surface area contributed by atoms with Gasteiger partial charge in [0.1, 0.15) is 12.2 Å². The molecular weight excluding hydrogens is 398 g/mol. The van der Waals surface area contributed by atoms with Gasteiger partial charge in [0.15, 0.2) is 10.9 Å². The summed E-state index contributed by atoms with van der Waals surface area (Å²) in [6.07, 6.45) is 3.74. The van der Waals surface area contributed by atoms with E-state index in [2.05, 4.69) is 29.9 Å². The lowest BCUT2D eigenvalue weighted by molar-refractivity contribution is 0.102. The van der Waals surface area contributed by atoms with Crippen LogP contribution in [-0.2, 0) is 0 Å². The van der Waals surface area contributed by atoms with Gasteiger partial charge in [-0.2, -0.15) is 10.1 Å². The Hall–Kier alpha value is -3.20. The molecule has 4 aromatic rings. The van der Waals surface area contributed by atoms with Crippen LogP contribution in [-0.4, -0.2) is 46.0 Å². The molecule has 1 saturated carbocycles. The molecule has 3 heterocycles. The SMILES string of the molecule is Cc1cc(C(=O)CSc2nnc(C3CC3)n2-c2ccccc2)c(C)n1-c1ncn[nH]1. The molecule has 1 aliphatic carbocycles. The summed E-state index contributed by atoms with van der Waals surface area (Å²) < 4.78 is 4.00. The summed E-state index contributed by atoms with van der Waals surface area (Å²) in [5.41, 5.74) is 3.49. The van der Waals surface area contributed by atoms with Crippen LogP contribution in [0.4, 0.5) is 0 Å². The van der Waals surface area contributed by atoms with Gasteiger partial charge in [0, 0.05) is 28.6 Å². The van der Waals surface area contributed by atoms with Gasteiger partial charge < -0.3 is 0 Å². The van der Waals surface area contributed by atoms with Crippen LogP contribution in [0.5, 0.6) is 0 Å². The van der Waals surface area contributed by atoms with E-state index in [9.17, 15) is 4.79 Å². The van der Waals surface area contributed by atoms with Gasteiger partial charge in [-0.25, -0.2) is 5.10 Å². The van der Waals surface area contributed by atoms with Crippen molar-refractivity contribution in [2.75, 3.05) is 5.75 Å². The fourth-order valence-electron chi connectivity index (χ4n) is 3.69. The summed E-state index contributed by atoms with van der Waals surface area (Å²) >= 11 is 1.43. The predicted molar refractivity (Wildman–Crippen MR) is 114 cm³/mol. The lowest BCUT2D eigenvalue weighted by atomic mass is 10.2. The standard InChI is InChI=1S/C21H21N7OS/c1-13-10-17(14(2)27(13)20-22-12-23-25-20)18(29)11-30-21-26-24-19(15-8-9-15)28(21)16-6-4-3-5-7-16/h3-7,10,12,15H,8-9,11H2,1-2H3,(H,22,23,25). The number of ketones is 1. The molecule has 9 heteroatoms. The maximum absolute atomic E-state index is 13.0. The molecule has 1 N–H and O–H groups in total. The number of thioether (sulfide) groups is 1. The minimum atomic E-state index is 0.0504. The highest BCUT2D eigenvalue weighted by Crippen LogP contribution is 2.41. The molecular formula is C21H21N7OS. The highest BCUT2D eigenvalue weighted by Gasteiger charge is 2.31. The number of hydrogen-bond donors (Lipinski definition) is 1. The second kappa shape index (κ2) is 7.56. The van der Waals surface area contributed by atoms with Gasteiger partial charge >= 0.3 is 0 Å². The third-order valence-electron chi connectivity index (χ3n) is 5.29. The molecule has 1 aliphatic rings. The second-order valence-electron chi connectivity index (χ2n) is 7.43. The summed E-state index contributed by atoms with van der Waals surface area (Å²) in [4.78, 5) is 17.2. The predicted octanol–water partition coefficient (Wildman–Crippen LogP) is 3.65. The summed E-state index contributed by atoms with van der Waals surface area (Å²) in [5, 5.41) is 16.3. The molecule has 1 fully saturated rings. The zero-order chi connectivity index (χ0) is 20.7. The Bertz CT molecular complexity index is 1190. The zero-order valence-corrected chi connectivity index (χ0v) is 17.6. The van der Waals surface area contributed by atoms with Gasteiger partial charge in [-0.1, -0.05) is 30.0 Å². The third kappa shape index (κ3) is 3.35. The van der Waals surface area contributed by atoms with Crippen LogP contribution >= 0.6 is 11.8 Å². The quantitative estimate of drug-likeness (QED) is 0.363. The molecule has 0 bridgehead atoms. The number of nitrogens with one attached hydrogen (secondary N) is 1. The van der Waals surface area contributed by atoms with Crippen LogP contribution in [0.3, 0.4) is 0 Å². The average Bonchev–Trinajstić information content (AvgIpc) is 3.17. The average molecular weight is 420 g/mol. The minimum Gasteiger partial charge on any atom is -0.293 e. The number of nitrogens with zero attached hydrogens (tertiary/aromatic N) is 6. The molecule has 0 saturated heterocycles. The van der Waals surface area contributed by atoms with E-state index in [1.54, 1.807) is 0 Å². The molecule has 1 aromatic carbocycles. The zero-order valence-electron chi connectivity index (χ0n) is 16.7. The number of hydrogen-bond acceptors (Lipinski definition) is 6. The van der Waals surface area contributed by atoms with Gasteiger partial charge in [-0.05, 0) is 44.9 Å². The van der Waals surface area contributed by atoms with Crippen molar-refractivity contribution in [1.29, 1.82) is 0 Å². The van der Waals surface area contributed by atoms with Crippen molar-refractivity contribution >= 4 is 17.5 Å². The van der Waals surface area contributed by atoms with Crippen LogP contribution in [0.2, 0.25) is 0 Å². The number of para-hydroxylation sites is 1. The van der Waals surface area contributed by atoms with Crippen molar-refractivity contribution in [2.24, 2.45) is 0 Å². The highest BCUT2D eigenvalue weighted by atomic mass is 32.2. The smallest absolute Gasteiger partial charge is 0.229 e. The van der Waals surface area contributed by atoms with Gasteiger partial charge in [0.05, 0.1) is 5.75 Å². The summed E-state index contributed by atoms with van der Waals surface area (Å²) in [7, 11) is 0. The van der Waals surface area contributed by atoms with Crippen LogP contribution in [0.1, 0.15) is 46.3 Å². The fourth-order valence-corrected chi connectivity index (χ4v) is 4.53. The van der Waals surface area contributed by atoms with Crippen molar-refractivity contribution < 1.29 is 4.79 Å². The Morgan fingerprint density at radius 3 is 2.67 bits per heavy atom. The Kier molecular flexibility index (Phi) is 4.74. The first-order valence-electron chi connectivity index (χ1n) is 9.85. The van der Waals surface area contributed by atoms with E-state index in [4.69, 9.17) is 0 Å². The third-order valence-corrected chi connectivity index (χ3v) is 6.22. The van der Waals surface area contributed by atoms with Crippen molar-refractivity contribution in [3.8, 4) is 11.6 Å². The van der Waals surface area contributed by atoms with E-state index < -0.39 is 0 Å². The Morgan fingerprint density at radius 2 is 1.97 bits per heavy atom. The number of carbonyl (C=O) groups excluding carboxylic acids is 1. The van der Waals surface area contributed by atoms with Crippen LogP contribution in [0.25, 0.3) is 11.6 Å². The van der Waals surface area contributed by atoms with E-state index in [-0.39, 0.29) is 11.5 Å². The van der Waals surface area contributed by atoms with Gasteiger partial charge in [0.25, 0.3) is 0 Å². The van der Waals surface area contributed by atoms with E-state index in [0.29, 0.717) is 17.4 Å². The molecule has 0 spiro atoms. The van der Waals surface area contributed by atoms with Crippen molar-refractivity contribution in [3.63, 3.8) is 0 Å². The van der Waals surface area contributed by atoms with E-state index in [0.717, 1.165) is 40.9 Å². The number of benzene rings is 1. The van der Waals surface area contributed by atoms with Crippen LogP contribution in [0.15, 0.2) is 47.9 Å². The summed E-state index contributed by atoms with van der Waals surface area (Å²) in [6, 6.07) is 12.0. The maximum atomic E-state index is 13.0. The molecule has 0 radical (unpaired) electrons. The first-order chi connectivity index (χ1) is 14.6. The summed E-state index contributed by atoms with van der Waals surface area (Å²) in [5.74, 6) is 2.39. The van der Waals surface area contributed by atoms with Crippen LogP contribution < -0.4 is 0 Å². The molecule has 3 aromatic heterocycles. The Balaban J connectivity index is 1.40. The fraction of sp³-hybridized carbons (Fsp3) is 0.286. The monoisotopic (exact) mass is 419 g/mol. The number of Topliss-reactive ketones (excluding diaryl/α,β-unsaturated/α-hetero) is 1. The van der Waals surface area contributed by atoms with E-state index in [1.165, 1.54) is 18.1 Å². The summed E-state index contributed by atoms with van der Waals surface area (Å²) in [6.45, 7) is 3.87. The highest BCUT2D eigenvalue weighted by molar-refractivity contribution is 7.99. The molecule has 0 aliphatic heterocycles. The van der Waals surface area contributed by atoms with E-state index >= 15 is 0 Å². The van der Waals surface area contributed by atoms with Crippen molar-refractivity contribution in [3.05, 3.63) is 65.5 Å². The molecule has 0 unspecified atom stereocenters. The molecule has 5 rings (SSSR count). The minimum absolute atomic E-state index is 0.0504. The lowest BCUT2D eigenvalue weighted by Crippen LogP contribution is -2.08. The van der Waals surface area contributed by atoms with Crippen LogP contribution in [0, 0.1) is 13.8 Å². The van der Waals surface area contributed by atoms with Crippen molar-refractivity contribution in [1.82, 2.24) is 34.5 Å². The van der Waals surface area contributed by atoms with Gasteiger partial charge in [0.2, 0.25) is 5.95 Å². The number of aryl methyl sites for hydroxylation is 1. The molecule has 0 amide bonds. The van der Waals surface area contributed by atoms with E-state index in [1.807, 2.05) is 54.8 Å². The second-order valence-corrected chi connectivity index (χ2v) is 8.37. The molecule has 0 atom stereocenters.